The fourth-order valence-electron chi connectivity index (χ4n) is 1.48. The van der Waals surface area contributed by atoms with E-state index in [-0.39, 0.29) is 5.02 Å². The minimum atomic E-state index is -0.491. The van der Waals surface area contributed by atoms with Crippen LogP contribution in [-0.2, 0) is 13.6 Å². The second-order valence-electron chi connectivity index (χ2n) is 3.73. The molecular formula is C11H12ClFN4. The molecule has 1 heterocycles. The maximum atomic E-state index is 13.2. The molecule has 0 atom stereocenters. The zero-order valence-corrected chi connectivity index (χ0v) is 10.0. The second kappa shape index (κ2) is 4.63. The maximum Gasteiger partial charge on any atom is 0.143 e. The van der Waals surface area contributed by atoms with Crippen LogP contribution in [0.4, 0.5) is 15.8 Å². The highest BCUT2D eigenvalue weighted by atomic mass is 35.5. The Morgan fingerprint density at radius 3 is 2.94 bits per heavy atom. The first kappa shape index (κ1) is 11.7. The fraction of sp³-hybridized carbons (Fsp3) is 0.182. The molecule has 6 heteroatoms. The molecule has 0 aliphatic heterocycles. The summed E-state index contributed by atoms with van der Waals surface area (Å²) in [4.78, 5) is 0. The van der Waals surface area contributed by atoms with Gasteiger partial charge in [0.05, 0.1) is 22.6 Å². The summed E-state index contributed by atoms with van der Waals surface area (Å²) in [5.74, 6) is -0.491. The van der Waals surface area contributed by atoms with Gasteiger partial charge in [-0.15, -0.1) is 0 Å². The average molecular weight is 255 g/mol. The Morgan fingerprint density at radius 1 is 1.53 bits per heavy atom. The smallest absolute Gasteiger partial charge is 0.143 e. The number of halogens is 2. The number of nitrogens with zero attached hydrogens (tertiary/aromatic N) is 2. The summed E-state index contributed by atoms with van der Waals surface area (Å²) in [6.45, 7) is 0.527. The van der Waals surface area contributed by atoms with E-state index in [4.69, 9.17) is 17.3 Å². The SMILES string of the molecule is Cn1cc(CNc2cc(F)c(Cl)cc2N)cn1. The van der Waals surface area contributed by atoms with Gasteiger partial charge in [0.1, 0.15) is 5.82 Å². The van der Waals surface area contributed by atoms with E-state index in [1.807, 2.05) is 13.2 Å². The van der Waals surface area contributed by atoms with Gasteiger partial charge < -0.3 is 11.1 Å². The molecule has 90 valence electrons. The lowest BCUT2D eigenvalue weighted by Crippen LogP contribution is -2.02. The molecule has 0 saturated heterocycles. The van der Waals surface area contributed by atoms with Gasteiger partial charge in [-0.1, -0.05) is 11.6 Å². The van der Waals surface area contributed by atoms with E-state index in [0.717, 1.165) is 5.56 Å². The lowest BCUT2D eigenvalue weighted by Gasteiger charge is -2.09. The predicted molar refractivity (Wildman–Crippen MR) is 66.4 cm³/mol. The lowest BCUT2D eigenvalue weighted by atomic mass is 10.2. The van der Waals surface area contributed by atoms with Crippen LogP contribution in [0.3, 0.4) is 0 Å². The van der Waals surface area contributed by atoms with E-state index in [1.165, 1.54) is 12.1 Å². The number of nitrogens with two attached hydrogens (primary N) is 1. The Hall–Kier alpha value is -1.75. The summed E-state index contributed by atoms with van der Waals surface area (Å²) in [6, 6.07) is 2.68. The Morgan fingerprint density at radius 2 is 2.29 bits per heavy atom. The molecule has 0 saturated carbocycles. The summed E-state index contributed by atoms with van der Waals surface area (Å²) in [5, 5.41) is 7.09. The molecular weight excluding hydrogens is 243 g/mol. The number of aryl methyl sites for hydroxylation is 1. The highest BCUT2D eigenvalue weighted by Crippen LogP contribution is 2.26. The van der Waals surface area contributed by atoms with Crippen molar-refractivity contribution in [2.75, 3.05) is 11.1 Å². The Labute approximate surface area is 103 Å². The van der Waals surface area contributed by atoms with Crippen LogP contribution in [0.1, 0.15) is 5.56 Å². The van der Waals surface area contributed by atoms with Crippen LogP contribution in [0, 0.1) is 5.82 Å². The van der Waals surface area contributed by atoms with E-state index in [9.17, 15) is 4.39 Å². The Bertz CT molecular complexity index is 538. The van der Waals surface area contributed by atoms with Crippen LogP contribution >= 0.6 is 11.6 Å². The molecule has 0 bridgehead atoms. The van der Waals surface area contributed by atoms with Gasteiger partial charge in [-0.3, -0.25) is 4.68 Å². The first-order chi connectivity index (χ1) is 8.06. The molecule has 0 aliphatic carbocycles. The number of aromatic nitrogens is 2. The van der Waals surface area contributed by atoms with Gasteiger partial charge in [0, 0.05) is 31.4 Å². The number of rotatable bonds is 3. The summed E-state index contributed by atoms with van der Waals surface area (Å²) < 4.78 is 14.9. The van der Waals surface area contributed by atoms with Crippen molar-refractivity contribution in [1.82, 2.24) is 9.78 Å². The number of benzene rings is 1. The molecule has 0 spiro atoms. The molecule has 1 aromatic carbocycles. The fourth-order valence-corrected chi connectivity index (χ4v) is 1.65. The van der Waals surface area contributed by atoms with Gasteiger partial charge in [0.25, 0.3) is 0 Å². The third-order valence-corrected chi connectivity index (χ3v) is 2.62. The van der Waals surface area contributed by atoms with E-state index in [2.05, 4.69) is 10.4 Å². The number of hydrogen-bond donors (Lipinski definition) is 2. The quantitative estimate of drug-likeness (QED) is 0.827. The van der Waals surface area contributed by atoms with Crippen molar-refractivity contribution in [2.45, 2.75) is 6.54 Å². The van der Waals surface area contributed by atoms with Crippen LogP contribution in [0.15, 0.2) is 24.5 Å². The first-order valence-corrected chi connectivity index (χ1v) is 5.40. The zero-order valence-electron chi connectivity index (χ0n) is 9.24. The third-order valence-electron chi connectivity index (χ3n) is 2.33. The molecule has 17 heavy (non-hydrogen) atoms. The molecule has 2 aromatic rings. The van der Waals surface area contributed by atoms with Crippen molar-refractivity contribution in [3.8, 4) is 0 Å². The molecule has 3 N–H and O–H groups in total. The normalized spacial score (nSPS) is 10.5. The zero-order chi connectivity index (χ0) is 12.4. The third kappa shape index (κ3) is 2.68. The van der Waals surface area contributed by atoms with Crippen LogP contribution in [0.2, 0.25) is 5.02 Å². The van der Waals surface area contributed by atoms with Gasteiger partial charge >= 0.3 is 0 Å². The molecule has 0 fully saturated rings. The predicted octanol–water partition coefficient (Wildman–Crippen LogP) is 2.41. The first-order valence-electron chi connectivity index (χ1n) is 5.02. The monoisotopic (exact) mass is 254 g/mol. The maximum absolute atomic E-state index is 13.2. The van der Waals surface area contributed by atoms with E-state index >= 15 is 0 Å². The van der Waals surface area contributed by atoms with Crippen molar-refractivity contribution >= 4 is 23.0 Å². The number of hydrogen-bond acceptors (Lipinski definition) is 3. The number of nitrogen functional groups attached to an aromatic ring is 1. The summed E-state index contributed by atoms with van der Waals surface area (Å²) in [6.07, 6.45) is 3.60. The van der Waals surface area contributed by atoms with E-state index in [0.29, 0.717) is 17.9 Å². The highest BCUT2D eigenvalue weighted by Gasteiger charge is 2.06. The molecule has 4 nitrogen and oxygen atoms in total. The standard InChI is InChI=1S/C11H12ClFN4/c1-17-6-7(5-16-17)4-15-11-3-9(13)8(12)2-10(11)14/h2-3,5-6,15H,4,14H2,1H3. The minimum Gasteiger partial charge on any atom is -0.397 e. The molecule has 0 aliphatic rings. The van der Waals surface area contributed by atoms with Crippen molar-refractivity contribution in [2.24, 2.45) is 7.05 Å². The Kier molecular flexibility index (Phi) is 3.19. The van der Waals surface area contributed by atoms with Crippen molar-refractivity contribution in [1.29, 1.82) is 0 Å². The molecule has 0 radical (unpaired) electrons. The minimum absolute atomic E-state index is 0.0226. The molecule has 0 amide bonds. The van der Waals surface area contributed by atoms with Crippen molar-refractivity contribution in [3.63, 3.8) is 0 Å². The largest absolute Gasteiger partial charge is 0.397 e. The van der Waals surface area contributed by atoms with Crippen LogP contribution in [-0.4, -0.2) is 9.78 Å². The molecule has 1 aromatic heterocycles. The van der Waals surface area contributed by atoms with E-state index < -0.39 is 5.82 Å². The second-order valence-corrected chi connectivity index (χ2v) is 4.14. The summed E-state index contributed by atoms with van der Waals surface area (Å²) in [5.41, 5.74) is 7.65. The Balaban J connectivity index is 2.11. The number of anilines is 2. The van der Waals surface area contributed by atoms with Gasteiger partial charge in [0.15, 0.2) is 0 Å². The van der Waals surface area contributed by atoms with Gasteiger partial charge in [-0.25, -0.2) is 4.39 Å². The molecule has 2 rings (SSSR count). The van der Waals surface area contributed by atoms with Crippen LogP contribution in [0.25, 0.3) is 0 Å². The van der Waals surface area contributed by atoms with Gasteiger partial charge in [-0.2, -0.15) is 5.10 Å². The molecule has 0 unspecified atom stereocenters. The topological polar surface area (TPSA) is 55.9 Å². The van der Waals surface area contributed by atoms with Crippen molar-refractivity contribution in [3.05, 3.63) is 40.9 Å². The van der Waals surface area contributed by atoms with Gasteiger partial charge in [0.2, 0.25) is 0 Å². The number of nitrogens with one attached hydrogen (secondary N) is 1. The average Bonchev–Trinajstić information content (AvgIpc) is 2.68. The van der Waals surface area contributed by atoms with Crippen molar-refractivity contribution < 1.29 is 4.39 Å². The van der Waals surface area contributed by atoms with Gasteiger partial charge in [-0.05, 0) is 6.07 Å². The lowest BCUT2D eigenvalue weighted by molar-refractivity contribution is 0.629. The van der Waals surface area contributed by atoms with E-state index in [1.54, 1.807) is 10.9 Å². The summed E-state index contributed by atoms with van der Waals surface area (Å²) in [7, 11) is 1.83. The highest BCUT2D eigenvalue weighted by molar-refractivity contribution is 6.31. The van der Waals surface area contributed by atoms with Crippen LogP contribution < -0.4 is 11.1 Å². The van der Waals surface area contributed by atoms with Crippen LogP contribution in [0.5, 0.6) is 0 Å². The summed E-state index contributed by atoms with van der Waals surface area (Å²) >= 11 is 5.61.